The van der Waals surface area contributed by atoms with Crippen LogP contribution in [0.2, 0.25) is 0 Å². The van der Waals surface area contributed by atoms with Crippen molar-refractivity contribution in [1.82, 2.24) is 0 Å². The van der Waals surface area contributed by atoms with Crippen molar-refractivity contribution >= 4 is 10.8 Å². The Hall–Kier alpha value is -0.930. The van der Waals surface area contributed by atoms with Crippen LogP contribution in [0.5, 0.6) is 0 Å². The fourth-order valence-electron chi connectivity index (χ4n) is 1.66. The molecule has 0 heterocycles. The number of rotatable bonds is 5. The zero-order valence-electron chi connectivity index (χ0n) is 11.5. The minimum absolute atomic E-state index is 0.248. The summed E-state index contributed by atoms with van der Waals surface area (Å²) in [7, 11) is -1.17. The molecular formula is C15H22O2S. The van der Waals surface area contributed by atoms with Gasteiger partial charge >= 0.3 is 0 Å². The normalized spacial score (nSPS) is 15.8. The highest BCUT2D eigenvalue weighted by Gasteiger charge is 2.22. The third kappa shape index (κ3) is 4.39. The first-order valence-electron chi connectivity index (χ1n) is 6.20. The predicted octanol–water partition coefficient (Wildman–Crippen LogP) is 3.21. The van der Waals surface area contributed by atoms with E-state index >= 15 is 0 Å². The van der Waals surface area contributed by atoms with Gasteiger partial charge in [0.25, 0.3) is 0 Å². The van der Waals surface area contributed by atoms with Gasteiger partial charge < -0.3 is 5.11 Å². The van der Waals surface area contributed by atoms with Crippen LogP contribution in [0.15, 0.2) is 40.8 Å². The minimum atomic E-state index is -1.17. The van der Waals surface area contributed by atoms with Crippen molar-refractivity contribution in [1.29, 1.82) is 0 Å². The number of hydrogen-bond acceptors (Lipinski definition) is 2. The van der Waals surface area contributed by atoms with Crippen LogP contribution in [0.25, 0.3) is 0 Å². The molecule has 1 N–H and O–H groups in total. The van der Waals surface area contributed by atoms with Crippen molar-refractivity contribution in [3.63, 3.8) is 0 Å². The number of hydrogen-bond donors (Lipinski definition) is 1. The summed E-state index contributed by atoms with van der Waals surface area (Å²) in [5.74, 6) is 0. The average molecular weight is 266 g/mol. The standard InChI is InChI=1S/C15H22O2S/c1-11(2)5-10-15(13(4)16)18(17)14-8-6-12(3)7-9-14/h5-9,13,15-16H,10H2,1-4H3/t13-,15+,18-/m0/s1. The summed E-state index contributed by atoms with van der Waals surface area (Å²) in [4.78, 5) is 0.786. The van der Waals surface area contributed by atoms with Crippen molar-refractivity contribution < 1.29 is 9.32 Å². The lowest BCUT2D eigenvalue weighted by atomic mass is 10.1. The molecule has 0 saturated heterocycles. The highest BCUT2D eigenvalue weighted by atomic mass is 32.2. The third-order valence-electron chi connectivity index (χ3n) is 2.82. The number of aliphatic hydroxyl groups is 1. The lowest BCUT2D eigenvalue weighted by Crippen LogP contribution is -2.27. The molecule has 0 aliphatic carbocycles. The Balaban J connectivity index is 2.89. The molecule has 0 fully saturated rings. The molecule has 1 rings (SSSR count). The smallest absolute Gasteiger partial charge is 0.0685 e. The number of aryl methyl sites for hydroxylation is 1. The first kappa shape index (κ1) is 15.1. The molecule has 100 valence electrons. The van der Waals surface area contributed by atoms with E-state index in [2.05, 4.69) is 0 Å². The van der Waals surface area contributed by atoms with Crippen molar-refractivity contribution in [3.8, 4) is 0 Å². The molecule has 0 spiro atoms. The van der Waals surface area contributed by atoms with Crippen LogP contribution in [0.4, 0.5) is 0 Å². The monoisotopic (exact) mass is 266 g/mol. The van der Waals surface area contributed by atoms with Gasteiger partial charge in [-0.2, -0.15) is 0 Å². The van der Waals surface area contributed by atoms with E-state index in [0.717, 1.165) is 10.5 Å². The quantitative estimate of drug-likeness (QED) is 0.831. The Labute approximate surface area is 112 Å². The summed E-state index contributed by atoms with van der Waals surface area (Å²) in [6.07, 6.45) is 2.09. The molecule has 1 aromatic rings. The van der Waals surface area contributed by atoms with Crippen molar-refractivity contribution in [2.75, 3.05) is 0 Å². The van der Waals surface area contributed by atoms with Crippen LogP contribution >= 0.6 is 0 Å². The summed E-state index contributed by atoms with van der Waals surface area (Å²) >= 11 is 0. The number of aliphatic hydroxyl groups excluding tert-OH is 1. The lowest BCUT2D eigenvalue weighted by molar-refractivity contribution is 0.190. The van der Waals surface area contributed by atoms with Crippen LogP contribution in [0.1, 0.15) is 32.8 Å². The average Bonchev–Trinajstić information content (AvgIpc) is 2.29. The molecule has 18 heavy (non-hydrogen) atoms. The molecule has 2 nitrogen and oxygen atoms in total. The fourth-order valence-corrected chi connectivity index (χ4v) is 3.04. The van der Waals surface area contributed by atoms with Crippen molar-refractivity contribution in [3.05, 3.63) is 41.5 Å². The van der Waals surface area contributed by atoms with E-state index in [1.54, 1.807) is 6.92 Å². The Bertz CT molecular complexity index is 428. The summed E-state index contributed by atoms with van der Waals surface area (Å²) < 4.78 is 12.4. The maximum Gasteiger partial charge on any atom is 0.0685 e. The van der Waals surface area contributed by atoms with E-state index in [1.165, 1.54) is 5.57 Å². The van der Waals surface area contributed by atoms with E-state index in [9.17, 15) is 9.32 Å². The predicted molar refractivity (Wildman–Crippen MR) is 77.1 cm³/mol. The summed E-state index contributed by atoms with van der Waals surface area (Å²) in [5, 5.41) is 9.54. The van der Waals surface area contributed by atoms with E-state index < -0.39 is 16.9 Å². The molecule has 1 aromatic carbocycles. The Kier molecular flexibility index (Phi) is 5.76. The summed E-state index contributed by atoms with van der Waals surface area (Å²) in [5.41, 5.74) is 2.33. The van der Waals surface area contributed by atoms with Crippen LogP contribution < -0.4 is 0 Å². The van der Waals surface area contributed by atoms with Gasteiger partial charge in [0, 0.05) is 4.90 Å². The molecule has 0 amide bonds. The van der Waals surface area contributed by atoms with Gasteiger partial charge in [-0.25, -0.2) is 0 Å². The Morgan fingerprint density at radius 2 is 1.89 bits per heavy atom. The first-order chi connectivity index (χ1) is 8.41. The summed E-state index contributed by atoms with van der Waals surface area (Å²) in [6, 6.07) is 7.66. The van der Waals surface area contributed by atoms with E-state index in [4.69, 9.17) is 0 Å². The van der Waals surface area contributed by atoms with Crippen LogP contribution in [-0.4, -0.2) is 20.7 Å². The SMILES string of the molecule is CC(C)=CC[C@H]([C@H](C)O)[S@@](=O)c1ccc(C)cc1. The molecule has 0 unspecified atom stereocenters. The highest BCUT2D eigenvalue weighted by molar-refractivity contribution is 7.85. The maximum absolute atomic E-state index is 12.4. The topological polar surface area (TPSA) is 37.3 Å². The second-order valence-electron chi connectivity index (χ2n) is 4.91. The van der Waals surface area contributed by atoms with Crippen molar-refractivity contribution in [2.45, 2.75) is 50.4 Å². The summed E-state index contributed by atoms with van der Waals surface area (Å²) in [6.45, 7) is 7.72. The molecule has 0 bridgehead atoms. The molecule has 0 aromatic heterocycles. The molecular weight excluding hydrogens is 244 g/mol. The molecule has 0 aliphatic rings. The van der Waals surface area contributed by atoms with Gasteiger partial charge in [0.1, 0.15) is 0 Å². The molecule has 3 atom stereocenters. The van der Waals surface area contributed by atoms with E-state index in [1.807, 2.05) is 51.1 Å². The lowest BCUT2D eigenvalue weighted by Gasteiger charge is -2.18. The van der Waals surface area contributed by atoms with Crippen LogP contribution in [0, 0.1) is 6.92 Å². The molecule has 0 saturated carbocycles. The minimum Gasteiger partial charge on any atom is -0.392 e. The van der Waals surface area contributed by atoms with Gasteiger partial charge in [-0.05, 0) is 46.2 Å². The van der Waals surface area contributed by atoms with Gasteiger partial charge in [-0.15, -0.1) is 0 Å². The fraction of sp³-hybridized carbons (Fsp3) is 0.467. The Morgan fingerprint density at radius 1 is 1.33 bits per heavy atom. The van der Waals surface area contributed by atoms with Crippen LogP contribution in [-0.2, 0) is 10.8 Å². The molecule has 3 heteroatoms. The second kappa shape index (κ2) is 6.86. The van der Waals surface area contributed by atoms with Gasteiger partial charge in [-0.3, -0.25) is 4.21 Å². The highest BCUT2D eigenvalue weighted by Crippen LogP contribution is 2.18. The zero-order valence-corrected chi connectivity index (χ0v) is 12.3. The van der Waals surface area contributed by atoms with Gasteiger partial charge in [0.05, 0.1) is 22.2 Å². The van der Waals surface area contributed by atoms with Gasteiger partial charge in [-0.1, -0.05) is 29.3 Å². The van der Waals surface area contributed by atoms with Gasteiger partial charge in [0.2, 0.25) is 0 Å². The Morgan fingerprint density at radius 3 is 2.33 bits per heavy atom. The molecule has 0 radical (unpaired) electrons. The van der Waals surface area contributed by atoms with Crippen molar-refractivity contribution in [2.24, 2.45) is 0 Å². The molecule has 0 aliphatic heterocycles. The second-order valence-corrected chi connectivity index (χ2v) is 6.58. The van der Waals surface area contributed by atoms with E-state index in [0.29, 0.717) is 6.42 Å². The third-order valence-corrected chi connectivity index (χ3v) is 4.70. The van der Waals surface area contributed by atoms with Crippen LogP contribution in [0.3, 0.4) is 0 Å². The first-order valence-corrected chi connectivity index (χ1v) is 7.41. The largest absolute Gasteiger partial charge is 0.392 e. The van der Waals surface area contributed by atoms with Gasteiger partial charge in [0.15, 0.2) is 0 Å². The van der Waals surface area contributed by atoms with E-state index in [-0.39, 0.29) is 5.25 Å². The number of benzene rings is 1. The maximum atomic E-state index is 12.4. The number of allylic oxidation sites excluding steroid dienone is 2. The zero-order chi connectivity index (χ0) is 13.7.